The molecule has 2 aromatic heterocycles. The molecule has 0 saturated carbocycles. The molecule has 3 heterocycles. The van der Waals surface area contributed by atoms with Crippen molar-refractivity contribution in [1.82, 2.24) is 9.97 Å². The lowest BCUT2D eigenvalue weighted by Gasteiger charge is -2.23. The molecule has 0 aromatic carbocycles. The summed E-state index contributed by atoms with van der Waals surface area (Å²) in [6, 6.07) is -0.491. The van der Waals surface area contributed by atoms with Crippen LogP contribution < -0.4 is 10.6 Å². The summed E-state index contributed by atoms with van der Waals surface area (Å²) in [5, 5.41) is 11.0. The van der Waals surface area contributed by atoms with E-state index < -0.39 is 18.1 Å². The number of carbonyl (C=O) groups is 1. The first-order valence-electron chi connectivity index (χ1n) is 7.14. The summed E-state index contributed by atoms with van der Waals surface area (Å²) in [6.07, 6.45) is 4.65. The highest BCUT2D eigenvalue weighted by atomic mass is 32.1. The fourth-order valence-electron chi connectivity index (χ4n) is 3.45. The van der Waals surface area contributed by atoms with Crippen LogP contribution in [0.2, 0.25) is 0 Å². The summed E-state index contributed by atoms with van der Waals surface area (Å²) >= 11 is 1.71. The summed E-state index contributed by atoms with van der Waals surface area (Å²) in [7, 11) is 0. The van der Waals surface area contributed by atoms with E-state index in [4.69, 9.17) is 5.73 Å². The zero-order valence-corrected chi connectivity index (χ0v) is 12.3. The van der Waals surface area contributed by atoms with Crippen LogP contribution >= 0.6 is 11.3 Å². The Morgan fingerprint density at radius 1 is 1.43 bits per heavy atom. The van der Waals surface area contributed by atoms with Gasteiger partial charge in [0.05, 0.1) is 11.5 Å². The second kappa shape index (κ2) is 4.64. The molecule has 0 radical (unpaired) electrons. The maximum atomic E-state index is 11.7. The van der Waals surface area contributed by atoms with Crippen LogP contribution in [0.4, 0.5) is 5.82 Å². The van der Waals surface area contributed by atoms with Crippen molar-refractivity contribution in [2.24, 2.45) is 5.73 Å². The first kappa shape index (κ1) is 13.0. The van der Waals surface area contributed by atoms with Gasteiger partial charge in [0, 0.05) is 17.8 Å². The molecular formula is C14H16N4O2S. The number of amides is 1. The minimum atomic E-state index is -0.542. The van der Waals surface area contributed by atoms with E-state index in [0.717, 1.165) is 35.3 Å². The van der Waals surface area contributed by atoms with Crippen LogP contribution in [0.1, 0.15) is 23.3 Å². The molecule has 0 unspecified atom stereocenters. The van der Waals surface area contributed by atoms with Crippen LogP contribution in [-0.2, 0) is 17.6 Å². The summed E-state index contributed by atoms with van der Waals surface area (Å²) < 4.78 is 0. The van der Waals surface area contributed by atoms with Gasteiger partial charge in [0.15, 0.2) is 0 Å². The van der Waals surface area contributed by atoms with Crippen LogP contribution in [0.25, 0.3) is 10.2 Å². The number of thiophene rings is 1. The van der Waals surface area contributed by atoms with Gasteiger partial charge >= 0.3 is 0 Å². The molecule has 1 amide bonds. The monoisotopic (exact) mass is 304 g/mol. The number of hydrogen-bond donors (Lipinski definition) is 2. The number of rotatable bonds is 2. The van der Waals surface area contributed by atoms with Gasteiger partial charge in [0.1, 0.15) is 23.0 Å². The van der Waals surface area contributed by atoms with Gasteiger partial charge in [-0.2, -0.15) is 0 Å². The van der Waals surface area contributed by atoms with Gasteiger partial charge in [-0.25, -0.2) is 9.97 Å². The highest BCUT2D eigenvalue weighted by Crippen LogP contribution is 2.41. The number of nitrogens with two attached hydrogens (primary N) is 1. The third kappa shape index (κ3) is 1.91. The van der Waals surface area contributed by atoms with Gasteiger partial charge in [-0.05, 0) is 24.8 Å². The number of aliphatic hydroxyl groups excluding tert-OH is 1. The summed E-state index contributed by atoms with van der Waals surface area (Å²) in [5.74, 6) is 0.338. The van der Waals surface area contributed by atoms with Gasteiger partial charge in [-0.3, -0.25) is 4.79 Å². The Bertz CT molecular complexity index is 729. The fraction of sp³-hybridized carbons (Fsp3) is 0.500. The second-order valence-electron chi connectivity index (χ2n) is 5.69. The number of fused-ring (bicyclic) bond motifs is 3. The molecule has 21 heavy (non-hydrogen) atoms. The molecule has 7 heteroatoms. The molecule has 6 nitrogen and oxygen atoms in total. The molecule has 0 bridgehead atoms. The molecule has 4 rings (SSSR count). The predicted molar refractivity (Wildman–Crippen MR) is 80.4 cm³/mol. The normalized spacial score (nSPS) is 24.7. The number of aromatic nitrogens is 2. The molecule has 2 aromatic rings. The number of primary amides is 1. The number of aliphatic hydroxyl groups is 1. The van der Waals surface area contributed by atoms with Crippen molar-refractivity contribution in [3.8, 4) is 0 Å². The number of hydrogen-bond acceptors (Lipinski definition) is 6. The summed E-state index contributed by atoms with van der Waals surface area (Å²) in [5.41, 5.74) is 6.80. The van der Waals surface area contributed by atoms with Gasteiger partial charge in [-0.15, -0.1) is 11.3 Å². The van der Waals surface area contributed by atoms with Crippen molar-refractivity contribution >= 4 is 33.3 Å². The molecule has 3 N–H and O–H groups in total. The molecule has 2 aliphatic rings. The smallest absolute Gasteiger partial charge is 0.240 e. The van der Waals surface area contributed by atoms with E-state index in [0.29, 0.717) is 13.0 Å². The summed E-state index contributed by atoms with van der Waals surface area (Å²) in [6.45, 7) is 0.393. The number of anilines is 1. The topological polar surface area (TPSA) is 92.3 Å². The zero-order valence-electron chi connectivity index (χ0n) is 11.5. The molecular weight excluding hydrogens is 288 g/mol. The Kier molecular flexibility index (Phi) is 2.87. The lowest BCUT2D eigenvalue weighted by Crippen LogP contribution is -2.40. The van der Waals surface area contributed by atoms with Crippen molar-refractivity contribution in [3.05, 3.63) is 16.8 Å². The maximum Gasteiger partial charge on any atom is 0.240 e. The number of β-amino-alcohol motifs (C(OH)–C–C–N with tert-alkyl or cyclic N) is 1. The van der Waals surface area contributed by atoms with Crippen molar-refractivity contribution < 1.29 is 9.90 Å². The van der Waals surface area contributed by atoms with Crippen LogP contribution in [0, 0.1) is 0 Å². The average molecular weight is 304 g/mol. The molecule has 1 aliphatic carbocycles. The SMILES string of the molecule is NC(=O)[C@@H]1C[C@H](O)CN1c1ncnc2sc3c(c12)CCC3. The Morgan fingerprint density at radius 3 is 3.10 bits per heavy atom. The molecule has 1 saturated heterocycles. The van der Waals surface area contributed by atoms with Gasteiger partial charge in [0.25, 0.3) is 0 Å². The Balaban J connectivity index is 1.88. The van der Waals surface area contributed by atoms with Crippen molar-refractivity contribution in [2.45, 2.75) is 37.8 Å². The highest BCUT2D eigenvalue weighted by Gasteiger charge is 2.37. The van der Waals surface area contributed by atoms with E-state index in [1.807, 2.05) is 4.90 Å². The van der Waals surface area contributed by atoms with E-state index in [1.54, 1.807) is 11.3 Å². The first-order valence-corrected chi connectivity index (χ1v) is 7.96. The van der Waals surface area contributed by atoms with E-state index in [1.165, 1.54) is 16.8 Å². The lowest BCUT2D eigenvalue weighted by atomic mass is 10.1. The maximum absolute atomic E-state index is 11.7. The van der Waals surface area contributed by atoms with Crippen molar-refractivity contribution in [2.75, 3.05) is 11.4 Å². The first-order chi connectivity index (χ1) is 10.1. The number of aryl methyl sites for hydroxylation is 2. The molecule has 1 aliphatic heterocycles. The van der Waals surface area contributed by atoms with Crippen LogP contribution in [-0.4, -0.2) is 39.7 Å². The largest absolute Gasteiger partial charge is 0.391 e. The minimum Gasteiger partial charge on any atom is -0.391 e. The molecule has 2 atom stereocenters. The quantitative estimate of drug-likeness (QED) is 0.848. The van der Waals surface area contributed by atoms with E-state index in [2.05, 4.69) is 9.97 Å². The predicted octanol–water partition coefficient (Wildman–Crippen LogP) is 0.605. The Morgan fingerprint density at radius 2 is 2.29 bits per heavy atom. The van der Waals surface area contributed by atoms with E-state index in [9.17, 15) is 9.90 Å². The van der Waals surface area contributed by atoms with Gasteiger partial charge in [0.2, 0.25) is 5.91 Å². The molecule has 0 spiro atoms. The third-order valence-electron chi connectivity index (χ3n) is 4.36. The van der Waals surface area contributed by atoms with Crippen molar-refractivity contribution in [1.29, 1.82) is 0 Å². The third-order valence-corrected chi connectivity index (χ3v) is 5.56. The fourth-order valence-corrected chi connectivity index (χ4v) is 4.67. The van der Waals surface area contributed by atoms with Crippen LogP contribution in [0.3, 0.4) is 0 Å². The highest BCUT2D eigenvalue weighted by molar-refractivity contribution is 7.19. The van der Waals surface area contributed by atoms with E-state index >= 15 is 0 Å². The van der Waals surface area contributed by atoms with E-state index in [-0.39, 0.29) is 0 Å². The van der Waals surface area contributed by atoms with Crippen LogP contribution in [0.15, 0.2) is 6.33 Å². The minimum absolute atomic E-state index is 0.368. The molecule has 1 fully saturated rings. The van der Waals surface area contributed by atoms with Crippen LogP contribution in [0.5, 0.6) is 0 Å². The number of carbonyl (C=O) groups excluding carboxylic acids is 1. The van der Waals surface area contributed by atoms with Crippen molar-refractivity contribution in [3.63, 3.8) is 0 Å². The van der Waals surface area contributed by atoms with Gasteiger partial charge in [-0.1, -0.05) is 0 Å². The Hall–Kier alpha value is -1.73. The average Bonchev–Trinajstić information content (AvgIpc) is 3.10. The molecule has 110 valence electrons. The summed E-state index contributed by atoms with van der Waals surface area (Å²) in [4.78, 5) is 24.6. The van der Waals surface area contributed by atoms with Gasteiger partial charge < -0.3 is 15.7 Å². The lowest BCUT2D eigenvalue weighted by molar-refractivity contribution is -0.119. The second-order valence-corrected chi connectivity index (χ2v) is 6.78. The zero-order chi connectivity index (χ0) is 14.6. The number of nitrogens with zero attached hydrogens (tertiary/aromatic N) is 3. The Labute approximate surface area is 125 Å². The standard InChI is InChI=1S/C14H16N4O2S/c15-12(20)9-4-7(19)5-18(9)13-11-8-2-1-3-10(8)21-14(11)17-6-16-13/h6-7,9,19H,1-5H2,(H2,15,20)/t7-,9-/m0/s1.